The zero-order valence-electron chi connectivity index (χ0n) is 24.2. The van der Waals surface area contributed by atoms with Crippen LogP contribution < -0.4 is 35.6 Å². The SMILES string of the molecule is COc1cc2c(c(OC)c1OC)-c1ccc(NCC(=O)Nc3ccc(-c4ncn[nH]4)cc3)c(=O)cc1[C@H](NC(C)=O)CC2. The molecule has 12 heteroatoms. The number of fused-ring (bicyclic) bond motifs is 3. The largest absolute Gasteiger partial charge is 0.493 e. The van der Waals surface area contributed by atoms with E-state index in [4.69, 9.17) is 14.2 Å². The van der Waals surface area contributed by atoms with Crippen molar-refractivity contribution >= 4 is 23.2 Å². The summed E-state index contributed by atoms with van der Waals surface area (Å²) in [5.74, 6) is 1.47. The van der Waals surface area contributed by atoms with Crippen molar-refractivity contribution in [2.75, 3.05) is 38.5 Å². The van der Waals surface area contributed by atoms with Crippen molar-refractivity contribution in [1.29, 1.82) is 0 Å². The van der Waals surface area contributed by atoms with Crippen LogP contribution in [0.4, 0.5) is 11.4 Å². The van der Waals surface area contributed by atoms with Crippen LogP contribution in [-0.4, -0.2) is 54.9 Å². The molecule has 0 saturated heterocycles. The highest BCUT2D eigenvalue weighted by Gasteiger charge is 2.29. The number of aromatic nitrogens is 3. The molecule has 4 aromatic rings. The fourth-order valence-electron chi connectivity index (χ4n) is 5.29. The van der Waals surface area contributed by atoms with Crippen LogP contribution in [0.1, 0.15) is 30.5 Å². The molecule has 1 atom stereocenters. The van der Waals surface area contributed by atoms with E-state index in [1.54, 1.807) is 38.5 Å². The Morgan fingerprint density at radius 3 is 2.42 bits per heavy atom. The summed E-state index contributed by atoms with van der Waals surface area (Å²) in [5.41, 5.74) is 4.32. The Morgan fingerprint density at radius 1 is 1.00 bits per heavy atom. The van der Waals surface area contributed by atoms with Gasteiger partial charge in [-0.25, -0.2) is 4.98 Å². The molecule has 5 rings (SSSR count). The van der Waals surface area contributed by atoms with Crippen LogP contribution >= 0.6 is 0 Å². The molecular weight excluding hydrogens is 552 g/mol. The van der Waals surface area contributed by atoms with E-state index in [0.717, 1.165) is 16.7 Å². The van der Waals surface area contributed by atoms with Crippen molar-refractivity contribution in [3.05, 3.63) is 76.2 Å². The number of carbonyl (C=O) groups is 2. The molecule has 0 aliphatic heterocycles. The number of nitrogens with zero attached hydrogens (tertiary/aromatic N) is 2. The number of benzene rings is 2. The number of hydrogen-bond acceptors (Lipinski definition) is 9. The lowest BCUT2D eigenvalue weighted by Gasteiger charge is -2.19. The lowest BCUT2D eigenvalue weighted by molar-refractivity contribution is -0.119. The topological polar surface area (TPSA) is 157 Å². The average Bonchev–Trinajstić information content (AvgIpc) is 3.44. The highest BCUT2D eigenvalue weighted by atomic mass is 16.5. The van der Waals surface area contributed by atoms with Gasteiger partial charge in [0.1, 0.15) is 6.33 Å². The molecule has 0 spiro atoms. The van der Waals surface area contributed by atoms with E-state index < -0.39 is 6.04 Å². The van der Waals surface area contributed by atoms with Gasteiger partial charge in [-0.15, -0.1) is 0 Å². The molecule has 4 N–H and O–H groups in total. The third kappa shape index (κ3) is 6.13. The van der Waals surface area contributed by atoms with E-state index in [-0.39, 0.29) is 29.5 Å². The van der Waals surface area contributed by atoms with Crippen molar-refractivity contribution in [2.24, 2.45) is 0 Å². The van der Waals surface area contributed by atoms with Gasteiger partial charge >= 0.3 is 0 Å². The smallest absolute Gasteiger partial charge is 0.243 e. The van der Waals surface area contributed by atoms with E-state index in [2.05, 4.69) is 31.1 Å². The molecule has 0 bridgehead atoms. The molecule has 3 aromatic carbocycles. The average molecular weight is 585 g/mol. The van der Waals surface area contributed by atoms with Crippen LogP contribution in [0.5, 0.6) is 17.2 Å². The molecule has 0 saturated carbocycles. The number of anilines is 2. The summed E-state index contributed by atoms with van der Waals surface area (Å²) < 4.78 is 17.0. The van der Waals surface area contributed by atoms with Crippen LogP contribution in [0.3, 0.4) is 0 Å². The van der Waals surface area contributed by atoms with Gasteiger partial charge in [-0.1, -0.05) is 6.07 Å². The van der Waals surface area contributed by atoms with Crippen molar-refractivity contribution < 1.29 is 23.8 Å². The van der Waals surface area contributed by atoms with Gasteiger partial charge in [-0.05, 0) is 72.0 Å². The zero-order valence-corrected chi connectivity index (χ0v) is 24.2. The molecule has 0 radical (unpaired) electrons. The van der Waals surface area contributed by atoms with Gasteiger partial charge in [-0.2, -0.15) is 5.10 Å². The molecule has 1 aromatic heterocycles. The summed E-state index contributed by atoms with van der Waals surface area (Å²) in [6, 6.07) is 13.5. The van der Waals surface area contributed by atoms with Gasteiger partial charge in [0.05, 0.1) is 39.6 Å². The summed E-state index contributed by atoms with van der Waals surface area (Å²) in [5, 5.41) is 15.4. The van der Waals surface area contributed by atoms with Gasteiger partial charge in [0, 0.05) is 23.7 Å². The Hall–Kier alpha value is -5.39. The Morgan fingerprint density at radius 2 is 1.77 bits per heavy atom. The fraction of sp³-hybridized carbons (Fsp3) is 0.258. The van der Waals surface area contributed by atoms with E-state index in [9.17, 15) is 14.4 Å². The number of methoxy groups -OCH3 is 3. The first-order valence-electron chi connectivity index (χ1n) is 13.6. The second kappa shape index (κ2) is 12.6. The van der Waals surface area contributed by atoms with Crippen LogP contribution in [-0.2, 0) is 16.0 Å². The van der Waals surface area contributed by atoms with Crippen LogP contribution in [0, 0.1) is 0 Å². The maximum Gasteiger partial charge on any atom is 0.243 e. The number of hydrogen-bond donors (Lipinski definition) is 4. The second-order valence-electron chi connectivity index (χ2n) is 9.91. The highest BCUT2D eigenvalue weighted by Crippen LogP contribution is 2.50. The second-order valence-corrected chi connectivity index (χ2v) is 9.91. The number of aromatic amines is 1. The molecular formula is C31H32N6O6. The van der Waals surface area contributed by atoms with Gasteiger partial charge in [0.2, 0.25) is 23.0 Å². The standard InChI is InChI=1S/C31H32N6O6/c1-17(38)35-23-11-7-19-13-26(41-2)29(42-3)30(43-4)28(19)21-10-12-24(25(39)14-22(21)23)32-15-27(40)36-20-8-5-18(6-9-20)31-33-16-34-37-31/h5-6,8-10,12-14,16,23H,7,11,15H2,1-4H3,(H,32,39)(H,35,38)(H,36,40)(H,33,34,37)/t23-/m1/s1. The van der Waals surface area contributed by atoms with Crippen molar-refractivity contribution in [3.8, 4) is 39.8 Å². The predicted molar refractivity (Wildman–Crippen MR) is 162 cm³/mol. The first-order chi connectivity index (χ1) is 20.8. The number of carbonyl (C=O) groups excluding carboxylic acids is 2. The van der Waals surface area contributed by atoms with Gasteiger partial charge in [0.25, 0.3) is 0 Å². The third-order valence-corrected chi connectivity index (χ3v) is 7.21. The van der Waals surface area contributed by atoms with E-state index in [1.165, 1.54) is 26.4 Å². The number of rotatable bonds is 9. The molecule has 0 unspecified atom stereocenters. The quantitative estimate of drug-likeness (QED) is 0.230. The monoisotopic (exact) mass is 584 g/mol. The lowest BCUT2D eigenvalue weighted by atomic mass is 9.95. The Balaban J connectivity index is 1.46. The molecule has 1 aliphatic carbocycles. The summed E-state index contributed by atoms with van der Waals surface area (Å²) in [7, 11) is 4.63. The van der Waals surface area contributed by atoms with Gasteiger partial charge in [-0.3, -0.25) is 19.5 Å². The van der Waals surface area contributed by atoms with Crippen molar-refractivity contribution in [1.82, 2.24) is 20.5 Å². The van der Waals surface area contributed by atoms with E-state index in [1.807, 2.05) is 18.2 Å². The molecule has 12 nitrogen and oxygen atoms in total. The maximum atomic E-state index is 13.4. The zero-order chi connectivity index (χ0) is 30.5. The Labute approximate surface area is 247 Å². The number of nitrogens with one attached hydrogen (secondary N) is 4. The molecule has 0 fully saturated rings. The third-order valence-electron chi connectivity index (χ3n) is 7.21. The highest BCUT2D eigenvalue weighted by molar-refractivity contribution is 5.94. The molecule has 222 valence electrons. The minimum Gasteiger partial charge on any atom is -0.493 e. The normalized spacial score (nSPS) is 13.5. The van der Waals surface area contributed by atoms with Crippen LogP contribution in [0.25, 0.3) is 22.5 Å². The van der Waals surface area contributed by atoms with Gasteiger partial charge in [0.15, 0.2) is 17.3 Å². The molecule has 2 amide bonds. The summed E-state index contributed by atoms with van der Waals surface area (Å²) in [6.45, 7) is 1.30. The Kier molecular flexibility index (Phi) is 8.56. The summed E-state index contributed by atoms with van der Waals surface area (Å²) in [4.78, 5) is 42.5. The van der Waals surface area contributed by atoms with Crippen molar-refractivity contribution in [3.63, 3.8) is 0 Å². The van der Waals surface area contributed by atoms with Crippen LogP contribution in [0.2, 0.25) is 0 Å². The van der Waals surface area contributed by atoms with Crippen LogP contribution in [0.15, 0.2) is 59.7 Å². The minimum atomic E-state index is -0.433. The number of amides is 2. The summed E-state index contributed by atoms with van der Waals surface area (Å²) >= 11 is 0. The predicted octanol–water partition coefficient (Wildman–Crippen LogP) is 3.70. The maximum absolute atomic E-state index is 13.4. The summed E-state index contributed by atoms with van der Waals surface area (Å²) in [6.07, 6.45) is 2.56. The first kappa shape index (κ1) is 29.1. The molecule has 1 aliphatic rings. The minimum absolute atomic E-state index is 0.145. The lowest BCUT2D eigenvalue weighted by Crippen LogP contribution is -2.27. The Bertz CT molecular complexity index is 1710. The van der Waals surface area contributed by atoms with Crippen molar-refractivity contribution in [2.45, 2.75) is 25.8 Å². The first-order valence-corrected chi connectivity index (χ1v) is 13.6. The number of aryl methyl sites for hydroxylation is 1. The molecule has 43 heavy (non-hydrogen) atoms. The van der Waals surface area contributed by atoms with E-state index in [0.29, 0.717) is 52.7 Å². The fourth-order valence-corrected chi connectivity index (χ4v) is 5.29. The van der Waals surface area contributed by atoms with E-state index >= 15 is 0 Å². The number of ether oxygens (including phenoxy) is 3. The van der Waals surface area contributed by atoms with Gasteiger partial charge < -0.3 is 30.2 Å². The molecule has 1 heterocycles. The number of H-pyrrole nitrogens is 1.